The SMILES string of the molecule is COc1ccc([C@@H]2[C@@H](C(=O)O)CC(=O)N2C2CCCC2)cc1. The summed E-state index contributed by atoms with van der Waals surface area (Å²) in [5, 5.41) is 9.52. The molecule has 2 fully saturated rings. The summed E-state index contributed by atoms with van der Waals surface area (Å²) in [6.07, 6.45) is 4.28. The number of aliphatic carboxylic acids is 1. The zero-order valence-electron chi connectivity index (χ0n) is 12.7. The first-order valence-corrected chi connectivity index (χ1v) is 7.79. The van der Waals surface area contributed by atoms with Crippen molar-refractivity contribution >= 4 is 11.9 Å². The van der Waals surface area contributed by atoms with Crippen LogP contribution >= 0.6 is 0 Å². The molecule has 0 unspecified atom stereocenters. The van der Waals surface area contributed by atoms with E-state index in [4.69, 9.17) is 4.74 Å². The number of rotatable bonds is 4. The number of carbonyl (C=O) groups is 2. The van der Waals surface area contributed by atoms with Gasteiger partial charge in [0, 0.05) is 12.5 Å². The molecule has 1 saturated heterocycles. The van der Waals surface area contributed by atoms with Gasteiger partial charge in [0.1, 0.15) is 5.75 Å². The van der Waals surface area contributed by atoms with E-state index in [0.29, 0.717) is 0 Å². The topological polar surface area (TPSA) is 66.8 Å². The van der Waals surface area contributed by atoms with Crippen LogP contribution in [0.3, 0.4) is 0 Å². The Bertz CT molecular complexity index is 563. The number of carboxylic acids is 1. The normalized spacial score (nSPS) is 25.7. The maximum absolute atomic E-state index is 12.4. The summed E-state index contributed by atoms with van der Waals surface area (Å²) in [6, 6.07) is 7.22. The van der Waals surface area contributed by atoms with Gasteiger partial charge in [-0.05, 0) is 30.5 Å². The molecule has 1 aliphatic carbocycles. The third kappa shape index (κ3) is 2.56. The summed E-state index contributed by atoms with van der Waals surface area (Å²) >= 11 is 0. The number of nitrogens with zero attached hydrogens (tertiary/aromatic N) is 1. The second kappa shape index (κ2) is 5.99. The van der Waals surface area contributed by atoms with E-state index in [2.05, 4.69) is 0 Å². The molecule has 1 N–H and O–H groups in total. The fraction of sp³-hybridized carbons (Fsp3) is 0.529. The van der Waals surface area contributed by atoms with Crippen LogP contribution in [0.1, 0.15) is 43.7 Å². The monoisotopic (exact) mass is 303 g/mol. The molecule has 1 aromatic rings. The van der Waals surface area contributed by atoms with E-state index in [1.807, 2.05) is 29.2 Å². The Balaban J connectivity index is 1.95. The lowest BCUT2D eigenvalue weighted by Gasteiger charge is -2.32. The van der Waals surface area contributed by atoms with Crippen molar-refractivity contribution in [3.05, 3.63) is 29.8 Å². The second-order valence-corrected chi connectivity index (χ2v) is 6.11. The quantitative estimate of drug-likeness (QED) is 0.928. The molecule has 5 nitrogen and oxygen atoms in total. The van der Waals surface area contributed by atoms with E-state index in [-0.39, 0.29) is 24.4 Å². The number of methoxy groups -OCH3 is 1. The lowest BCUT2D eigenvalue weighted by atomic mass is 9.93. The number of carboxylic acid groups (broad SMARTS) is 1. The first-order valence-electron chi connectivity index (χ1n) is 7.79. The molecule has 1 amide bonds. The minimum atomic E-state index is -0.894. The van der Waals surface area contributed by atoms with Gasteiger partial charge in [-0.25, -0.2) is 0 Å². The number of ether oxygens (including phenoxy) is 1. The Kier molecular flexibility index (Phi) is 4.05. The van der Waals surface area contributed by atoms with Crippen LogP contribution in [0.25, 0.3) is 0 Å². The minimum Gasteiger partial charge on any atom is -0.497 e. The number of hydrogen-bond acceptors (Lipinski definition) is 3. The van der Waals surface area contributed by atoms with Gasteiger partial charge < -0.3 is 14.7 Å². The maximum atomic E-state index is 12.4. The molecule has 0 bridgehead atoms. The van der Waals surface area contributed by atoms with Crippen LogP contribution in [0.5, 0.6) is 5.75 Å². The Labute approximate surface area is 129 Å². The van der Waals surface area contributed by atoms with Crippen molar-refractivity contribution in [1.29, 1.82) is 0 Å². The van der Waals surface area contributed by atoms with Gasteiger partial charge in [0.25, 0.3) is 0 Å². The van der Waals surface area contributed by atoms with Crippen molar-refractivity contribution in [1.82, 2.24) is 4.90 Å². The summed E-state index contributed by atoms with van der Waals surface area (Å²) in [5.41, 5.74) is 0.881. The highest BCUT2D eigenvalue weighted by atomic mass is 16.5. The first-order chi connectivity index (χ1) is 10.6. The van der Waals surface area contributed by atoms with E-state index in [1.54, 1.807) is 7.11 Å². The van der Waals surface area contributed by atoms with E-state index in [9.17, 15) is 14.7 Å². The van der Waals surface area contributed by atoms with Gasteiger partial charge in [0.05, 0.1) is 19.1 Å². The molecule has 0 aromatic heterocycles. The van der Waals surface area contributed by atoms with Gasteiger partial charge in [-0.1, -0.05) is 25.0 Å². The van der Waals surface area contributed by atoms with E-state index in [0.717, 1.165) is 37.0 Å². The molecule has 2 aliphatic rings. The van der Waals surface area contributed by atoms with Crippen LogP contribution in [0.15, 0.2) is 24.3 Å². The highest BCUT2D eigenvalue weighted by Gasteiger charge is 2.47. The Morgan fingerprint density at radius 1 is 1.23 bits per heavy atom. The Morgan fingerprint density at radius 2 is 1.86 bits per heavy atom. The number of amides is 1. The molecule has 22 heavy (non-hydrogen) atoms. The fourth-order valence-electron chi connectivity index (χ4n) is 3.78. The van der Waals surface area contributed by atoms with Gasteiger partial charge in [-0.2, -0.15) is 0 Å². The molecule has 2 atom stereocenters. The van der Waals surface area contributed by atoms with Crippen LogP contribution in [0.2, 0.25) is 0 Å². The standard InChI is InChI=1S/C17H21NO4/c1-22-13-8-6-11(7-9-13)16-14(17(20)21)10-15(19)18(16)12-4-2-3-5-12/h6-9,12,14,16H,2-5,10H2,1H3,(H,20,21)/t14-,16+/m0/s1. The number of benzene rings is 1. The highest BCUT2D eigenvalue weighted by Crippen LogP contribution is 2.43. The zero-order valence-corrected chi connectivity index (χ0v) is 12.7. The summed E-state index contributed by atoms with van der Waals surface area (Å²) in [5.74, 6) is -0.858. The lowest BCUT2D eigenvalue weighted by Crippen LogP contribution is -2.37. The van der Waals surface area contributed by atoms with E-state index >= 15 is 0 Å². The second-order valence-electron chi connectivity index (χ2n) is 6.11. The van der Waals surface area contributed by atoms with Crippen molar-refractivity contribution in [2.24, 2.45) is 5.92 Å². The number of carbonyl (C=O) groups excluding carboxylic acids is 1. The molecule has 1 aliphatic heterocycles. The Hall–Kier alpha value is -2.04. The van der Waals surface area contributed by atoms with Gasteiger partial charge in [-0.3, -0.25) is 9.59 Å². The molecule has 0 radical (unpaired) electrons. The molecule has 5 heteroatoms. The third-order valence-electron chi connectivity index (χ3n) is 4.86. The largest absolute Gasteiger partial charge is 0.497 e. The van der Waals surface area contributed by atoms with E-state index < -0.39 is 11.9 Å². The lowest BCUT2D eigenvalue weighted by molar-refractivity contribution is -0.142. The average Bonchev–Trinajstić information content (AvgIpc) is 3.14. The molecular formula is C17H21NO4. The molecule has 1 aromatic carbocycles. The van der Waals surface area contributed by atoms with Crippen LogP contribution in [-0.2, 0) is 9.59 Å². The van der Waals surface area contributed by atoms with Gasteiger partial charge >= 0.3 is 5.97 Å². The molecule has 1 heterocycles. The van der Waals surface area contributed by atoms with Crippen LogP contribution in [0, 0.1) is 5.92 Å². The van der Waals surface area contributed by atoms with Gasteiger partial charge in [0.2, 0.25) is 5.91 Å². The smallest absolute Gasteiger partial charge is 0.309 e. The predicted molar refractivity (Wildman–Crippen MR) is 80.6 cm³/mol. The van der Waals surface area contributed by atoms with Crippen molar-refractivity contribution < 1.29 is 19.4 Å². The van der Waals surface area contributed by atoms with E-state index in [1.165, 1.54) is 0 Å². The first kappa shape index (κ1) is 14.9. The van der Waals surface area contributed by atoms with Gasteiger partial charge in [-0.15, -0.1) is 0 Å². The van der Waals surface area contributed by atoms with Crippen molar-refractivity contribution in [3.8, 4) is 5.75 Å². The summed E-state index contributed by atoms with van der Waals surface area (Å²) < 4.78 is 5.16. The number of likely N-dealkylation sites (tertiary alicyclic amines) is 1. The number of hydrogen-bond donors (Lipinski definition) is 1. The van der Waals surface area contributed by atoms with Crippen LogP contribution < -0.4 is 4.74 Å². The van der Waals surface area contributed by atoms with Gasteiger partial charge in [0.15, 0.2) is 0 Å². The molecule has 0 spiro atoms. The third-order valence-corrected chi connectivity index (χ3v) is 4.86. The maximum Gasteiger partial charge on any atom is 0.309 e. The zero-order chi connectivity index (χ0) is 15.7. The highest BCUT2D eigenvalue weighted by molar-refractivity contribution is 5.87. The summed E-state index contributed by atoms with van der Waals surface area (Å²) in [7, 11) is 1.60. The minimum absolute atomic E-state index is 0.0277. The summed E-state index contributed by atoms with van der Waals surface area (Å²) in [4.78, 5) is 25.9. The van der Waals surface area contributed by atoms with Crippen molar-refractivity contribution in [3.63, 3.8) is 0 Å². The fourth-order valence-corrected chi connectivity index (χ4v) is 3.78. The molecular weight excluding hydrogens is 282 g/mol. The predicted octanol–water partition coefficient (Wildman–Crippen LogP) is 2.61. The molecule has 118 valence electrons. The summed E-state index contributed by atoms with van der Waals surface area (Å²) in [6.45, 7) is 0. The van der Waals surface area contributed by atoms with Crippen molar-refractivity contribution in [2.45, 2.75) is 44.2 Å². The average molecular weight is 303 g/mol. The molecule has 3 rings (SSSR count). The molecule has 1 saturated carbocycles. The van der Waals surface area contributed by atoms with Crippen molar-refractivity contribution in [2.75, 3.05) is 7.11 Å². The Morgan fingerprint density at radius 3 is 2.41 bits per heavy atom. The van der Waals surface area contributed by atoms with Crippen LogP contribution in [0.4, 0.5) is 0 Å². The van der Waals surface area contributed by atoms with Crippen LogP contribution in [-0.4, -0.2) is 35.0 Å².